The normalized spacial score (nSPS) is 19.2. The fourth-order valence-corrected chi connectivity index (χ4v) is 1.74. The lowest BCUT2D eigenvalue weighted by atomic mass is 9.94. The summed E-state index contributed by atoms with van der Waals surface area (Å²) in [6.45, 7) is 0. The van der Waals surface area contributed by atoms with Crippen molar-refractivity contribution in [2.75, 3.05) is 0 Å². The third-order valence-electron chi connectivity index (χ3n) is 2.56. The van der Waals surface area contributed by atoms with E-state index in [1.54, 1.807) is 5.57 Å². The largest absolute Gasteiger partial charge is 0.380 e. The molecule has 0 bridgehead atoms. The van der Waals surface area contributed by atoms with Crippen molar-refractivity contribution in [1.82, 2.24) is 0 Å². The van der Waals surface area contributed by atoms with Gasteiger partial charge in [0, 0.05) is 0 Å². The van der Waals surface area contributed by atoms with E-state index in [2.05, 4.69) is 12.0 Å². The molecule has 1 fully saturated rings. The zero-order valence-electron chi connectivity index (χ0n) is 8.13. The molecule has 1 aliphatic rings. The van der Waals surface area contributed by atoms with Crippen LogP contribution >= 0.6 is 0 Å². The van der Waals surface area contributed by atoms with E-state index in [-0.39, 0.29) is 0 Å². The van der Waals surface area contributed by atoms with Crippen molar-refractivity contribution in [1.29, 1.82) is 0 Å². The lowest BCUT2D eigenvalue weighted by molar-refractivity contribution is 0.223. The minimum atomic E-state index is -0.555. The summed E-state index contributed by atoms with van der Waals surface area (Å²) in [5.41, 5.74) is 1.57. The second-order valence-electron chi connectivity index (χ2n) is 3.68. The summed E-state index contributed by atoms with van der Waals surface area (Å²) in [6, 6.07) is 0. The minimum Gasteiger partial charge on any atom is -0.380 e. The van der Waals surface area contributed by atoms with Gasteiger partial charge < -0.3 is 5.11 Å². The molecular weight excluding hydrogens is 160 g/mol. The van der Waals surface area contributed by atoms with E-state index >= 15 is 0 Å². The van der Waals surface area contributed by atoms with E-state index in [1.165, 1.54) is 32.1 Å². The molecule has 13 heavy (non-hydrogen) atoms. The van der Waals surface area contributed by atoms with Crippen LogP contribution in [0.5, 0.6) is 0 Å². The fourth-order valence-electron chi connectivity index (χ4n) is 1.74. The quantitative estimate of drug-likeness (QED) is 0.520. The Bertz CT molecular complexity index is 202. The molecule has 1 heteroatoms. The monoisotopic (exact) mass is 178 g/mol. The molecule has 0 spiro atoms. The van der Waals surface area contributed by atoms with Crippen molar-refractivity contribution in [3.05, 3.63) is 11.6 Å². The number of hydrogen-bond acceptors (Lipinski definition) is 1. The van der Waals surface area contributed by atoms with Gasteiger partial charge >= 0.3 is 0 Å². The van der Waals surface area contributed by atoms with Crippen molar-refractivity contribution >= 4 is 0 Å². The molecule has 1 unspecified atom stereocenters. The Hall–Kier alpha value is -0.740. The molecule has 72 valence electrons. The molecule has 0 aromatic carbocycles. The predicted molar refractivity (Wildman–Crippen MR) is 55.2 cm³/mol. The molecule has 1 aliphatic carbocycles. The smallest absolute Gasteiger partial charge is 0.114 e. The van der Waals surface area contributed by atoms with Crippen LogP contribution < -0.4 is 0 Å². The molecular formula is C12H18O. The van der Waals surface area contributed by atoms with Crippen LogP contribution in [0.4, 0.5) is 0 Å². The van der Waals surface area contributed by atoms with Gasteiger partial charge in [-0.1, -0.05) is 24.0 Å². The van der Waals surface area contributed by atoms with E-state index in [4.69, 9.17) is 11.5 Å². The third kappa shape index (κ3) is 4.15. The molecule has 0 radical (unpaired) electrons. The third-order valence-corrected chi connectivity index (χ3v) is 2.56. The first-order chi connectivity index (χ1) is 6.33. The molecule has 1 N–H and O–H groups in total. The Labute approximate surface area is 80.9 Å². The average molecular weight is 178 g/mol. The van der Waals surface area contributed by atoms with E-state index < -0.39 is 6.10 Å². The van der Waals surface area contributed by atoms with Crippen LogP contribution in [0.1, 0.15) is 44.9 Å². The van der Waals surface area contributed by atoms with Crippen LogP contribution in [0.25, 0.3) is 0 Å². The molecule has 0 amide bonds. The molecule has 0 aliphatic heterocycles. The maximum absolute atomic E-state index is 9.12. The number of hydrogen-bond donors (Lipinski definition) is 1. The number of terminal acetylenes is 1. The second-order valence-corrected chi connectivity index (χ2v) is 3.68. The summed E-state index contributed by atoms with van der Waals surface area (Å²) >= 11 is 0. The van der Waals surface area contributed by atoms with E-state index in [0.717, 1.165) is 6.42 Å². The van der Waals surface area contributed by atoms with Gasteiger partial charge in [0.15, 0.2) is 0 Å². The lowest BCUT2D eigenvalue weighted by Gasteiger charge is -2.13. The highest BCUT2D eigenvalue weighted by molar-refractivity contribution is 5.05. The van der Waals surface area contributed by atoms with Crippen LogP contribution in [0.15, 0.2) is 11.6 Å². The zero-order valence-corrected chi connectivity index (χ0v) is 8.13. The van der Waals surface area contributed by atoms with Gasteiger partial charge in [0.1, 0.15) is 6.10 Å². The Morgan fingerprint density at radius 2 is 2.08 bits per heavy atom. The molecule has 1 rings (SSSR count). The van der Waals surface area contributed by atoms with Gasteiger partial charge in [-0.3, -0.25) is 0 Å². The summed E-state index contributed by atoms with van der Waals surface area (Å²) in [6.07, 6.45) is 15.0. The lowest BCUT2D eigenvalue weighted by Crippen LogP contribution is -2.01. The van der Waals surface area contributed by atoms with Gasteiger partial charge in [0.05, 0.1) is 0 Å². The average Bonchev–Trinajstić information content (AvgIpc) is 2.19. The number of rotatable bonds is 3. The predicted octanol–water partition coefficient (Wildman–Crippen LogP) is 2.65. The summed E-state index contributed by atoms with van der Waals surface area (Å²) in [7, 11) is 0. The summed E-state index contributed by atoms with van der Waals surface area (Å²) in [5.74, 6) is 2.33. The number of allylic oxidation sites excluding steroid dienone is 2. The van der Waals surface area contributed by atoms with Gasteiger partial charge in [-0.15, -0.1) is 6.42 Å². The van der Waals surface area contributed by atoms with Crippen LogP contribution in [-0.4, -0.2) is 11.2 Å². The van der Waals surface area contributed by atoms with Gasteiger partial charge in [0.25, 0.3) is 0 Å². The minimum absolute atomic E-state index is 0.555. The highest BCUT2D eigenvalue weighted by Gasteiger charge is 2.04. The molecule has 0 saturated heterocycles. The van der Waals surface area contributed by atoms with E-state index in [9.17, 15) is 0 Å². The molecule has 0 aromatic rings. The molecule has 1 saturated carbocycles. The van der Waals surface area contributed by atoms with Gasteiger partial charge in [-0.25, -0.2) is 0 Å². The van der Waals surface area contributed by atoms with Crippen LogP contribution in [0.3, 0.4) is 0 Å². The Morgan fingerprint density at radius 1 is 1.38 bits per heavy atom. The number of aliphatic hydroxyl groups excluding tert-OH is 1. The number of aliphatic hydroxyl groups is 1. The molecule has 0 heterocycles. The Kier molecular flexibility index (Phi) is 4.64. The fraction of sp³-hybridized carbons (Fsp3) is 0.667. The van der Waals surface area contributed by atoms with Gasteiger partial charge in [-0.05, 0) is 38.5 Å². The van der Waals surface area contributed by atoms with Crippen molar-refractivity contribution in [3.8, 4) is 12.3 Å². The van der Waals surface area contributed by atoms with E-state index in [0.29, 0.717) is 6.42 Å². The van der Waals surface area contributed by atoms with Gasteiger partial charge in [-0.2, -0.15) is 0 Å². The first-order valence-corrected chi connectivity index (χ1v) is 5.15. The first kappa shape index (κ1) is 10.3. The van der Waals surface area contributed by atoms with Crippen molar-refractivity contribution in [2.24, 2.45) is 0 Å². The maximum Gasteiger partial charge on any atom is 0.114 e. The Balaban J connectivity index is 2.19. The topological polar surface area (TPSA) is 20.2 Å². The molecule has 0 aromatic heterocycles. The van der Waals surface area contributed by atoms with Crippen LogP contribution in [0, 0.1) is 12.3 Å². The molecule has 1 atom stereocenters. The maximum atomic E-state index is 9.12. The van der Waals surface area contributed by atoms with Crippen LogP contribution in [0.2, 0.25) is 0 Å². The zero-order chi connectivity index (χ0) is 9.52. The van der Waals surface area contributed by atoms with Crippen molar-refractivity contribution in [3.63, 3.8) is 0 Å². The molecule has 1 nitrogen and oxygen atoms in total. The SMILES string of the molecule is C#CC(O)CCC=C1CCCCC1. The van der Waals surface area contributed by atoms with Crippen molar-refractivity contribution in [2.45, 2.75) is 51.0 Å². The standard InChI is InChI=1S/C12H18O/c1-2-12(13)10-6-9-11-7-4-3-5-8-11/h1,9,12-13H,3-8,10H2. The van der Waals surface area contributed by atoms with Gasteiger partial charge in [0.2, 0.25) is 0 Å². The Morgan fingerprint density at radius 3 is 2.69 bits per heavy atom. The highest BCUT2D eigenvalue weighted by atomic mass is 16.3. The van der Waals surface area contributed by atoms with E-state index in [1.807, 2.05) is 0 Å². The first-order valence-electron chi connectivity index (χ1n) is 5.15. The van der Waals surface area contributed by atoms with Crippen molar-refractivity contribution < 1.29 is 5.11 Å². The summed E-state index contributed by atoms with van der Waals surface area (Å²) in [5, 5.41) is 9.12. The summed E-state index contributed by atoms with van der Waals surface area (Å²) in [4.78, 5) is 0. The summed E-state index contributed by atoms with van der Waals surface area (Å²) < 4.78 is 0. The second kappa shape index (κ2) is 5.83. The highest BCUT2D eigenvalue weighted by Crippen LogP contribution is 2.23. The van der Waals surface area contributed by atoms with Crippen LogP contribution in [-0.2, 0) is 0 Å².